The number of ether oxygens (including phenoxy) is 1. The molecular formula is C14H21NO2S. The Labute approximate surface area is 114 Å². The van der Waals surface area contributed by atoms with Gasteiger partial charge < -0.3 is 10.1 Å². The van der Waals surface area contributed by atoms with Crippen LogP contribution in [0.25, 0.3) is 0 Å². The zero-order valence-corrected chi connectivity index (χ0v) is 12.4. The summed E-state index contributed by atoms with van der Waals surface area (Å²) in [5.41, 5.74) is 4.54. The van der Waals surface area contributed by atoms with Gasteiger partial charge in [-0.3, -0.25) is 4.79 Å². The van der Waals surface area contributed by atoms with Crippen molar-refractivity contribution in [1.29, 1.82) is 0 Å². The van der Waals surface area contributed by atoms with Gasteiger partial charge in [0.15, 0.2) is 0 Å². The number of hydrogen-bond acceptors (Lipinski definition) is 3. The number of nitrogens with one attached hydrogen (secondary N) is 1. The fraction of sp³-hybridized carbons (Fsp3) is 0.500. The largest absolute Gasteiger partial charge is 0.496 e. The molecule has 0 aliphatic heterocycles. The van der Waals surface area contributed by atoms with Crippen LogP contribution in [-0.2, 0) is 11.3 Å². The second kappa shape index (κ2) is 6.69. The van der Waals surface area contributed by atoms with Gasteiger partial charge in [0.1, 0.15) is 5.75 Å². The highest BCUT2D eigenvalue weighted by molar-refractivity contribution is 7.80. The van der Waals surface area contributed by atoms with Crippen LogP contribution in [0.15, 0.2) is 6.07 Å². The SMILES string of the molecule is COc1c(C)cc(CNC(=O)CCS)c(C)c1C. The second-order valence-electron chi connectivity index (χ2n) is 4.39. The van der Waals surface area contributed by atoms with Crippen molar-refractivity contribution in [2.45, 2.75) is 33.7 Å². The highest BCUT2D eigenvalue weighted by Gasteiger charge is 2.11. The summed E-state index contributed by atoms with van der Waals surface area (Å²) in [6.07, 6.45) is 0.455. The third kappa shape index (κ3) is 3.42. The molecule has 1 N–H and O–H groups in total. The van der Waals surface area contributed by atoms with Crippen LogP contribution >= 0.6 is 12.6 Å². The van der Waals surface area contributed by atoms with E-state index < -0.39 is 0 Å². The lowest BCUT2D eigenvalue weighted by atomic mass is 9.98. The number of rotatable bonds is 5. The monoisotopic (exact) mass is 267 g/mol. The molecule has 0 heterocycles. The van der Waals surface area contributed by atoms with Crippen LogP contribution in [0.4, 0.5) is 0 Å². The predicted octanol–water partition coefficient (Wildman–Crippen LogP) is 2.56. The number of methoxy groups -OCH3 is 1. The first-order valence-electron chi connectivity index (χ1n) is 6.02. The molecule has 1 rings (SSSR count). The molecule has 0 aromatic heterocycles. The molecule has 0 saturated heterocycles. The van der Waals surface area contributed by atoms with Crippen molar-refractivity contribution in [3.63, 3.8) is 0 Å². The van der Waals surface area contributed by atoms with Crippen molar-refractivity contribution in [1.82, 2.24) is 5.32 Å². The average Bonchev–Trinajstić information content (AvgIpc) is 2.33. The Bertz CT molecular complexity index is 444. The van der Waals surface area contributed by atoms with Gasteiger partial charge in [-0.05, 0) is 48.8 Å². The van der Waals surface area contributed by atoms with Crippen LogP contribution in [-0.4, -0.2) is 18.8 Å². The van der Waals surface area contributed by atoms with E-state index in [0.29, 0.717) is 18.7 Å². The molecule has 0 fully saturated rings. The molecule has 0 spiro atoms. The Hall–Kier alpha value is -1.16. The Morgan fingerprint density at radius 1 is 1.33 bits per heavy atom. The van der Waals surface area contributed by atoms with Gasteiger partial charge in [0.05, 0.1) is 7.11 Å². The summed E-state index contributed by atoms with van der Waals surface area (Å²) in [6.45, 7) is 6.67. The standard InChI is InChI=1S/C14H21NO2S/c1-9-7-12(8-15-13(16)5-6-18)10(2)11(3)14(9)17-4/h7,18H,5-6,8H2,1-4H3,(H,15,16). The van der Waals surface area contributed by atoms with Crippen LogP contribution in [0.3, 0.4) is 0 Å². The molecule has 4 heteroatoms. The van der Waals surface area contributed by atoms with E-state index in [1.807, 2.05) is 13.8 Å². The zero-order chi connectivity index (χ0) is 13.7. The van der Waals surface area contributed by atoms with Gasteiger partial charge in [-0.2, -0.15) is 12.6 Å². The molecule has 0 bridgehead atoms. The third-order valence-electron chi connectivity index (χ3n) is 3.15. The fourth-order valence-corrected chi connectivity index (χ4v) is 2.23. The fourth-order valence-electron chi connectivity index (χ4n) is 2.02. The van der Waals surface area contributed by atoms with Gasteiger partial charge in [-0.25, -0.2) is 0 Å². The number of carbonyl (C=O) groups is 1. The number of aryl methyl sites for hydroxylation is 1. The van der Waals surface area contributed by atoms with Gasteiger partial charge in [-0.1, -0.05) is 6.07 Å². The molecule has 0 atom stereocenters. The van der Waals surface area contributed by atoms with Crippen molar-refractivity contribution in [3.8, 4) is 5.75 Å². The molecule has 1 amide bonds. The van der Waals surface area contributed by atoms with E-state index in [0.717, 1.165) is 22.4 Å². The lowest BCUT2D eigenvalue weighted by Crippen LogP contribution is -2.23. The van der Waals surface area contributed by atoms with Gasteiger partial charge in [0, 0.05) is 13.0 Å². The zero-order valence-electron chi connectivity index (χ0n) is 11.5. The van der Waals surface area contributed by atoms with Crippen LogP contribution in [0.1, 0.15) is 28.7 Å². The first-order valence-corrected chi connectivity index (χ1v) is 6.65. The van der Waals surface area contributed by atoms with E-state index in [9.17, 15) is 4.79 Å². The van der Waals surface area contributed by atoms with Crippen molar-refractivity contribution in [3.05, 3.63) is 28.3 Å². The summed E-state index contributed by atoms with van der Waals surface area (Å²) in [7, 11) is 1.68. The minimum atomic E-state index is 0.0375. The Morgan fingerprint density at radius 2 is 2.00 bits per heavy atom. The average molecular weight is 267 g/mol. The molecular weight excluding hydrogens is 246 g/mol. The van der Waals surface area contributed by atoms with E-state index in [2.05, 4.69) is 30.9 Å². The predicted molar refractivity (Wildman–Crippen MR) is 77.5 cm³/mol. The molecule has 100 valence electrons. The molecule has 1 aromatic rings. The summed E-state index contributed by atoms with van der Waals surface area (Å²) < 4.78 is 5.38. The second-order valence-corrected chi connectivity index (χ2v) is 4.83. The van der Waals surface area contributed by atoms with Gasteiger partial charge in [0.2, 0.25) is 5.91 Å². The summed E-state index contributed by atoms with van der Waals surface area (Å²) >= 11 is 4.04. The minimum Gasteiger partial charge on any atom is -0.496 e. The Balaban J connectivity index is 2.88. The molecule has 0 radical (unpaired) electrons. The van der Waals surface area contributed by atoms with Crippen molar-refractivity contribution < 1.29 is 9.53 Å². The van der Waals surface area contributed by atoms with Crippen molar-refractivity contribution in [2.75, 3.05) is 12.9 Å². The summed E-state index contributed by atoms with van der Waals surface area (Å²) in [5.74, 6) is 1.54. The Morgan fingerprint density at radius 3 is 2.56 bits per heavy atom. The number of hydrogen-bond donors (Lipinski definition) is 2. The van der Waals surface area contributed by atoms with Crippen LogP contribution in [0.5, 0.6) is 5.75 Å². The van der Waals surface area contributed by atoms with Crippen LogP contribution in [0, 0.1) is 20.8 Å². The molecule has 0 aliphatic rings. The normalized spacial score (nSPS) is 10.3. The molecule has 0 saturated carbocycles. The van der Waals surface area contributed by atoms with Crippen molar-refractivity contribution in [2.24, 2.45) is 0 Å². The maximum Gasteiger partial charge on any atom is 0.221 e. The molecule has 0 unspecified atom stereocenters. The third-order valence-corrected chi connectivity index (χ3v) is 3.38. The first-order chi connectivity index (χ1) is 8.51. The highest BCUT2D eigenvalue weighted by Crippen LogP contribution is 2.28. The Kier molecular flexibility index (Phi) is 5.54. The number of benzene rings is 1. The van der Waals surface area contributed by atoms with Crippen LogP contribution in [0.2, 0.25) is 0 Å². The molecule has 3 nitrogen and oxygen atoms in total. The number of thiol groups is 1. The molecule has 1 aromatic carbocycles. The summed E-state index contributed by atoms with van der Waals surface area (Å²) in [4.78, 5) is 11.4. The minimum absolute atomic E-state index is 0.0375. The quantitative estimate of drug-likeness (QED) is 0.805. The van der Waals surface area contributed by atoms with Crippen LogP contribution < -0.4 is 10.1 Å². The highest BCUT2D eigenvalue weighted by atomic mass is 32.1. The summed E-state index contributed by atoms with van der Waals surface area (Å²) in [5, 5.41) is 2.90. The van der Waals surface area contributed by atoms with E-state index in [1.54, 1.807) is 7.11 Å². The van der Waals surface area contributed by atoms with E-state index in [1.165, 1.54) is 5.56 Å². The smallest absolute Gasteiger partial charge is 0.221 e. The maximum absolute atomic E-state index is 11.4. The topological polar surface area (TPSA) is 38.3 Å². The van der Waals surface area contributed by atoms with Gasteiger partial charge >= 0.3 is 0 Å². The van der Waals surface area contributed by atoms with Gasteiger partial charge in [0.25, 0.3) is 0 Å². The first kappa shape index (κ1) is 14.9. The lowest BCUT2D eigenvalue weighted by Gasteiger charge is -2.16. The molecule has 0 aliphatic carbocycles. The molecule has 18 heavy (non-hydrogen) atoms. The number of amides is 1. The van der Waals surface area contributed by atoms with E-state index >= 15 is 0 Å². The van der Waals surface area contributed by atoms with E-state index in [-0.39, 0.29) is 5.91 Å². The van der Waals surface area contributed by atoms with E-state index in [4.69, 9.17) is 4.74 Å². The maximum atomic E-state index is 11.4. The lowest BCUT2D eigenvalue weighted by molar-refractivity contribution is -0.120. The van der Waals surface area contributed by atoms with Gasteiger partial charge in [-0.15, -0.1) is 0 Å². The number of carbonyl (C=O) groups excluding carboxylic acids is 1. The summed E-state index contributed by atoms with van der Waals surface area (Å²) in [6, 6.07) is 2.07. The van der Waals surface area contributed by atoms with Crippen molar-refractivity contribution >= 4 is 18.5 Å².